The quantitative estimate of drug-likeness (QED) is 0.924. The molecule has 0 unspecified atom stereocenters. The number of nitrogens with one attached hydrogen (secondary N) is 1. The van der Waals surface area contributed by atoms with Crippen molar-refractivity contribution in [2.45, 2.75) is 46.3 Å². The molecule has 0 aliphatic carbocycles. The van der Waals surface area contributed by atoms with Crippen molar-refractivity contribution < 1.29 is 4.74 Å². The van der Waals surface area contributed by atoms with Crippen LogP contribution in [0.25, 0.3) is 10.2 Å². The molecule has 0 bridgehead atoms. The number of nitrogens with zero attached hydrogens (tertiary/aromatic N) is 2. The van der Waals surface area contributed by atoms with Gasteiger partial charge in [0.05, 0.1) is 23.6 Å². The number of H-pyrrole nitrogens is 1. The molecule has 1 N–H and O–H groups in total. The first-order valence-electron chi connectivity index (χ1n) is 7.66. The third-order valence-electron chi connectivity index (χ3n) is 4.46. The average Bonchev–Trinajstić information content (AvgIpc) is 2.72. The lowest BCUT2D eigenvalue weighted by atomic mass is 10.1. The van der Waals surface area contributed by atoms with Crippen LogP contribution in [0.15, 0.2) is 4.79 Å². The van der Waals surface area contributed by atoms with Gasteiger partial charge < -0.3 is 9.72 Å². The van der Waals surface area contributed by atoms with Crippen molar-refractivity contribution in [3.05, 3.63) is 26.6 Å². The second-order valence-corrected chi connectivity index (χ2v) is 7.87. The van der Waals surface area contributed by atoms with E-state index < -0.39 is 0 Å². The Hall–Kier alpha value is -1.24. The van der Waals surface area contributed by atoms with Crippen molar-refractivity contribution >= 4 is 21.6 Å². The van der Waals surface area contributed by atoms with E-state index in [1.807, 2.05) is 13.8 Å². The van der Waals surface area contributed by atoms with E-state index in [0.717, 1.165) is 39.6 Å². The minimum absolute atomic E-state index is 0.0266. The zero-order chi connectivity index (χ0) is 16.1. The monoisotopic (exact) mass is 321 g/mol. The first-order valence-corrected chi connectivity index (χ1v) is 8.48. The van der Waals surface area contributed by atoms with E-state index in [4.69, 9.17) is 9.72 Å². The van der Waals surface area contributed by atoms with Crippen LogP contribution >= 0.6 is 11.3 Å². The molecule has 22 heavy (non-hydrogen) atoms. The number of thiophene rings is 1. The highest BCUT2D eigenvalue weighted by molar-refractivity contribution is 7.18. The number of morpholine rings is 1. The number of hydrogen-bond donors (Lipinski definition) is 1. The first kappa shape index (κ1) is 15.6. The molecular formula is C16H23N3O2S. The molecule has 0 aromatic carbocycles. The van der Waals surface area contributed by atoms with E-state index in [1.165, 1.54) is 0 Å². The van der Waals surface area contributed by atoms with Gasteiger partial charge in [0, 0.05) is 18.0 Å². The second-order valence-electron chi connectivity index (χ2n) is 6.67. The molecule has 0 radical (unpaired) electrons. The van der Waals surface area contributed by atoms with Crippen LogP contribution in [0.3, 0.4) is 0 Å². The fraction of sp³-hybridized carbons (Fsp3) is 0.625. The number of aromatic nitrogens is 2. The van der Waals surface area contributed by atoms with Gasteiger partial charge in [-0.05, 0) is 40.2 Å². The van der Waals surface area contributed by atoms with Crippen molar-refractivity contribution in [2.24, 2.45) is 0 Å². The highest BCUT2D eigenvalue weighted by Gasteiger charge is 2.31. The van der Waals surface area contributed by atoms with E-state index in [2.05, 4.69) is 30.7 Å². The molecule has 3 rings (SSSR count). The van der Waals surface area contributed by atoms with Crippen LogP contribution in [-0.2, 0) is 4.74 Å². The molecule has 1 saturated heterocycles. The molecule has 6 heteroatoms. The van der Waals surface area contributed by atoms with Gasteiger partial charge in [0.2, 0.25) is 0 Å². The number of rotatable bonds is 2. The number of aromatic amines is 1. The van der Waals surface area contributed by atoms with Gasteiger partial charge in [0.1, 0.15) is 10.7 Å². The zero-order valence-corrected chi connectivity index (χ0v) is 14.6. The maximum atomic E-state index is 12.4. The van der Waals surface area contributed by atoms with Crippen molar-refractivity contribution in [2.75, 3.05) is 19.7 Å². The van der Waals surface area contributed by atoms with Crippen molar-refractivity contribution in [1.29, 1.82) is 0 Å². The summed E-state index contributed by atoms with van der Waals surface area (Å²) in [6.07, 6.45) is 0. The predicted octanol–water partition coefficient (Wildman–Crippen LogP) is 2.77. The molecule has 1 aliphatic rings. The SMILES string of the molecule is Cc1sc2nc([C@@H](C)N3CCOC(C)(C)C3)[nH]c(=O)c2c1C. The standard InChI is InChI=1S/C16H23N3O2S/c1-9-11(3)22-15-12(9)14(20)17-13(18-15)10(2)19-6-7-21-16(4,5)8-19/h10H,6-8H2,1-5H3,(H,17,18,20)/t10-/m1/s1. The maximum absolute atomic E-state index is 12.4. The van der Waals surface area contributed by atoms with Crippen LogP contribution in [0.5, 0.6) is 0 Å². The van der Waals surface area contributed by atoms with Gasteiger partial charge in [0.15, 0.2) is 0 Å². The van der Waals surface area contributed by atoms with E-state index in [1.54, 1.807) is 11.3 Å². The fourth-order valence-electron chi connectivity index (χ4n) is 3.03. The van der Waals surface area contributed by atoms with E-state index in [9.17, 15) is 4.79 Å². The van der Waals surface area contributed by atoms with Gasteiger partial charge in [0.25, 0.3) is 5.56 Å². The van der Waals surface area contributed by atoms with Crippen LogP contribution in [0.1, 0.15) is 43.1 Å². The minimum Gasteiger partial charge on any atom is -0.373 e. The van der Waals surface area contributed by atoms with E-state index >= 15 is 0 Å². The van der Waals surface area contributed by atoms with Crippen LogP contribution < -0.4 is 5.56 Å². The first-order chi connectivity index (χ1) is 10.3. The van der Waals surface area contributed by atoms with Crippen LogP contribution in [0.4, 0.5) is 0 Å². The van der Waals surface area contributed by atoms with Crippen LogP contribution in [-0.4, -0.2) is 40.2 Å². The Balaban J connectivity index is 1.98. The second kappa shape index (κ2) is 5.44. The van der Waals surface area contributed by atoms with Gasteiger partial charge in [-0.15, -0.1) is 11.3 Å². The molecule has 1 atom stereocenters. The Morgan fingerprint density at radius 2 is 2.14 bits per heavy atom. The third-order valence-corrected chi connectivity index (χ3v) is 5.56. The molecule has 0 amide bonds. The third kappa shape index (κ3) is 2.71. The lowest BCUT2D eigenvalue weighted by Gasteiger charge is -2.40. The van der Waals surface area contributed by atoms with Gasteiger partial charge in [-0.1, -0.05) is 0 Å². The molecule has 0 spiro atoms. The summed E-state index contributed by atoms with van der Waals surface area (Å²) in [6, 6.07) is 0.0722. The Bertz CT molecular complexity index is 763. The summed E-state index contributed by atoms with van der Waals surface area (Å²) in [6.45, 7) is 12.7. The molecule has 2 aromatic rings. The summed E-state index contributed by atoms with van der Waals surface area (Å²) in [7, 11) is 0. The lowest BCUT2D eigenvalue weighted by molar-refractivity contribution is -0.0966. The maximum Gasteiger partial charge on any atom is 0.259 e. The molecule has 120 valence electrons. The van der Waals surface area contributed by atoms with Crippen molar-refractivity contribution in [1.82, 2.24) is 14.9 Å². The predicted molar refractivity (Wildman–Crippen MR) is 89.7 cm³/mol. The molecule has 1 aliphatic heterocycles. The van der Waals surface area contributed by atoms with E-state index in [-0.39, 0.29) is 17.2 Å². The Morgan fingerprint density at radius 3 is 2.82 bits per heavy atom. The fourth-order valence-corrected chi connectivity index (χ4v) is 4.06. The smallest absolute Gasteiger partial charge is 0.259 e. The topological polar surface area (TPSA) is 58.2 Å². The van der Waals surface area contributed by atoms with Gasteiger partial charge in [-0.25, -0.2) is 4.98 Å². The number of aryl methyl sites for hydroxylation is 2. The molecular weight excluding hydrogens is 298 g/mol. The van der Waals surface area contributed by atoms with Crippen LogP contribution in [0.2, 0.25) is 0 Å². The summed E-state index contributed by atoms with van der Waals surface area (Å²) in [5, 5.41) is 0.737. The summed E-state index contributed by atoms with van der Waals surface area (Å²) in [5.74, 6) is 0.747. The number of hydrogen-bond acceptors (Lipinski definition) is 5. The number of ether oxygens (including phenoxy) is 1. The van der Waals surface area contributed by atoms with Gasteiger partial charge in [-0.2, -0.15) is 0 Å². The zero-order valence-electron chi connectivity index (χ0n) is 13.8. The Morgan fingerprint density at radius 1 is 1.41 bits per heavy atom. The number of fused-ring (bicyclic) bond motifs is 1. The van der Waals surface area contributed by atoms with Gasteiger partial charge >= 0.3 is 0 Å². The molecule has 3 heterocycles. The summed E-state index contributed by atoms with van der Waals surface area (Å²) in [4.78, 5) is 24.4. The highest BCUT2D eigenvalue weighted by Crippen LogP contribution is 2.28. The van der Waals surface area contributed by atoms with Crippen LogP contribution in [0, 0.1) is 13.8 Å². The Labute approximate surface area is 134 Å². The summed E-state index contributed by atoms with van der Waals surface area (Å²) < 4.78 is 5.76. The summed E-state index contributed by atoms with van der Waals surface area (Å²) >= 11 is 1.60. The Kier molecular flexibility index (Phi) is 3.87. The van der Waals surface area contributed by atoms with Crippen molar-refractivity contribution in [3.63, 3.8) is 0 Å². The summed E-state index contributed by atoms with van der Waals surface area (Å²) in [5.41, 5.74) is 0.856. The van der Waals surface area contributed by atoms with Crippen molar-refractivity contribution in [3.8, 4) is 0 Å². The molecule has 1 fully saturated rings. The van der Waals surface area contributed by atoms with Gasteiger partial charge in [-0.3, -0.25) is 9.69 Å². The highest BCUT2D eigenvalue weighted by atomic mass is 32.1. The molecule has 2 aromatic heterocycles. The lowest BCUT2D eigenvalue weighted by Crippen LogP contribution is -2.49. The molecule has 0 saturated carbocycles. The van der Waals surface area contributed by atoms with E-state index in [0.29, 0.717) is 6.61 Å². The minimum atomic E-state index is -0.160. The normalized spacial score (nSPS) is 20.4. The average molecular weight is 321 g/mol. The molecule has 5 nitrogen and oxygen atoms in total. The largest absolute Gasteiger partial charge is 0.373 e.